The standard InChI is InChI=1S/C15H26N2O4/c1-21-6-2-3-13(15(19)20)17-14(18)9-10-7-11-4-5-12(8-10)16-11/h10-13,16H,2-9H2,1H3,(H,17,18)(H,19,20). The van der Waals surface area contributed by atoms with E-state index in [0.717, 1.165) is 12.8 Å². The van der Waals surface area contributed by atoms with Crippen LogP contribution in [0.5, 0.6) is 0 Å². The highest BCUT2D eigenvalue weighted by Crippen LogP contribution is 2.32. The van der Waals surface area contributed by atoms with Crippen molar-refractivity contribution in [3.63, 3.8) is 0 Å². The van der Waals surface area contributed by atoms with Gasteiger partial charge in [0, 0.05) is 32.2 Å². The van der Waals surface area contributed by atoms with Crippen LogP contribution >= 0.6 is 0 Å². The molecule has 0 spiro atoms. The van der Waals surface area contributed by atoms with E-state index in [1.165, 1.54) is 12.8 Å². The van der Waals surface area contributed by atoms with E-state index in [4.69, 9.17) is 9.84 Å². The molecule has 0 aromatic heterocycles. The molecule has 2 saturated heterocycles. The summed E-state index contributed by atoms with van der Waals surface area (Å²) in [4.78, 5) is 23.2. The maximum absolute atomic E-state index is 12.1. The number of fused-ring (bicyclic) bond motifs is 2. The van der Waals surface area contributed by atoms with Crippen molar-refractivity contribution >= 4 is 11.9 Å². The number of ether oxygens (including phenoxy) is 1. The third kappa shape index (κ3) is 4.97. The Balaban J connectivity index is 1.75. The second-order valence-corrected chi connectivity index (χ2v) is 6.27. The van der Waals surface area contributed by atoms with E-state index in [2.05, 4.69) is 10.6 Å². The number of carboxylic acids is 1. The number of nitrogens with one attached hydrogen (secondary N) is 2. The van der Waals surface area contributed by atoms with Crippen LogP contribution in [-0.4, -0.2) is 48.8 Å². The summed E-state index contributed by atoms with van der Waals surface area (Å²) in [5.74, 6) is -0.715. The molecule has 0 saturated carbocycles. The van der Waals surface area contributed by atoms with Crippen molar-refractivity contribution in [3.05, 3.63) is 0 Å². The average molecular weight is 298 g/mol. The number of amides is 1. The molecule has 2 rings (SSSR count). The minimum atomic E-state index is -0.968. The largest absolute Gasteiger partial charge is 0.480 e. The summed E-state index contributed by atoms with van der Waals surface area (Å²) in [6.45, 7) is 0.511. The van der Waals surface area contributed by atoms with Crippen LogP contribution in [0.25, 0.3) is 0 Å². The molecule has 2 aliphatic rings. The Morgan fingerprint density at radius 1 is 1.33 bits per heavy atom. The fourth-order valence-corrected chi connectivity index (χ4v) is 3.55. The van der Waals surface area contributed by atoms with Crippen LogP contribution < -0.4 is 10.6 Å². The van der Waals surface area contributed by atoms with Gasteiger partial charge in [-0.25, -0.2) is 4.79 Å². The number of carbonyl (C=O) groups excluding carboxylic acids is 1. The Hall–Kier alpha value is -1.14. The van der Waals surface area contributed by atoms with E-state index >= 15 is 0 Å². The number of rotatable bonds is 8. The first kappa shape index (κ1) is 16.2. The van der Waals surface area contributed by atoms with Crippen molar-refractivity contribution in [2.75, 3.05) is 13.7 Å². The molecule has 3 N–H and O–H groups in total. The van der Waals surface area contributed by atoms with Crippen LogP contribution in [0.2, 0.25) is 0 Å². The molecule has 2 aliphatic heterocycles. The first-order chi connectivity index (χ1) is 10.1. The maximum Gasteiger partial charge on any atom is 0.326 e. The Morgan fingerprint density at radius 3 is 2.57 bits per heavy atom. The Bertz CT molecular complexity index is 363. The van der Waals surface area contributed by atoms with Crippen LogP contribution in [0.15, 0.2) is 0 Å². The van der Waals surface area contributed by atoms with Gasteiger partial charge in [-0.3, -0.25) is 4.79 Å². The van der Waals surface area contributed by atoms with E-state index < -0.39 is 12.0 Å². The number of hydrogen-bond acceptors (Lipinski definition) is 4. The molecule has 0 aromatic carbocycles. The lowest BCUT2D eigenvalue weighted by Gasteiger charge is -2.29. The van der Waals surface area contributed by atoms with Crippen LogP contribution in [0.4, 0.5) is 0 Å². The van der Waals surface area contributed by atoms with E-state index in [-0.39, 0.29) is 5.91 Å². The van der Waals surface area contributed by atoms with Crippen LogP contribution in [0.3, 0.4) is 0 Å². The van der Waals surface area contributed by atoms with Crippen molar-refractivity contribution in [1.29, 1.82) is 0 Å². The lowest BCUT2D eigenvalue weighted by Crippen LogP contribution is -2.43. The van der Waals surface area contributed by atoms with Crippen LogP contribution in [0, 0.1) is 5.92 Å². The van der Waals surface area contributed by atoms with Crippen molar-refractivity contribution in [3.8, 4) is 0 Å². The summed E-state index contributed by atoms with van der Waals surface area (Å²) in [6, 6.07) is 0.308. The highest BCUT2D eigenvalue weighted by atomic mass is 16.5. The van der Waals surface area contributed by atoms with Gasteiger partial charge in [0.25, 0.3) is 0 Å². The van der Waals surface area contributed by atoms with Gasteiger partial charge in [0.2, 0.25) is 5.91 Å². The normalized spacial score (nSPS) is 29.1. The molecule has 0 aliphatic carbocycles. The number of carboxylic acid groups (broad SMARTS) is 1. The minimum absolute atomic E-state index is 0.133. The van der Waals surface area contributed by atoms with Gasteiger partial charge in [0.15, 0.2) is 0 Å². The van der Waals surface area contributed by atoms with E-state index in [1.54, 1.807) is 7.11 Å². The minimum Gasteiger partial charge on any atom is -0.480 e. The van der Waals surface area contributed by atoms with Crippen LogP contribution in [0.1, 0.15) is 44.9 Å². The quantitative estimate of drug-likeness (QED) is 0.580. The molecule has 120 valence electrons. The lowest BCUT2D eigenvalue weighted by molar-refractivity contribution is -0.142. The van der Waals surface area contributed by atoms with Gasteiger partial charge in [-0.2, -0.15) is 0 Å². The Kier molecular flexibility index (Phi) is 5.99. The highest BCUT2D eigenvalue weighted by Gasteiger charge is 2.34. The van der Waals surface area contributed by atoms with E-state index in [1.807, 2.05) is 0 Å². The fourth-order valence-electron chi connectivity index (χ4n) is 3.55. The molecule has 3 unspecified atom stereocenters. The number of hydrogen-bond donors (Lipinski definition) is 3. The van der Waals surface area contributed by atoms with Crippen LogP contribution in [-0.2, 0) is 14.3 Å². The molecule has 2 bridgehead atoms. The Labute approximate surface area is 125 Å². The monoisotopic (exact) mass is 298 g/mol. The molecule has 3 atom stereocenters. The highest BCUT2D eigenvalue weighted by molar-refractivity contribution is 5.83. The first-order valence-electron chi connectivity index (χ1n) is 7.85. The van der Waals surface area contributed by atoms with Gasteiger partial charge in [-0.1, -0.05) is 0 Å². The number of methoxy groups -OCH3 is 1. The van der Waals surface area contributed by atoms with Gasteiger partial charge in [-0.05, 0) is 44.4 Å². The summed E-state index contributed by atoms with van der Waals surface area (Å²) in [6.07, 6.45) is 5.96. The van der Waals surface area contributed by atoms with Gasteiger partial charge in [0.1, 0.15) is 6.04 Å². The second-order valence-electron chi connectivity index (χ2n) is 6.27. The summed E-state index contributed by atoms with van der Waals surface area (Å²) >= 11 is 0. The van der Waals surface area contributed by atoms with Crippen molar-refractivity contribution < 1.29 is 19.4 Å². The van der Waals surface area contributed by atoms with Gasteiger partial charge < -0.3 is 20.5 Å². The predicted octanol–water partition coefficient (Wildman–Crippen LogP) is 0.903. The summed E-state index contributed by atoms with van der Waals surface area (Å²) < 4.78 is 4.92. The second kappa shape index (κ2) is 7.75. The number of piperidine rings is 1. The molecule has 1 amide bonds. The molecular formula is C15H26N2O4. The van der Waals surface area contributed by atoms with E-state index in [0.29, 0.717) is 43.9 Å². The average Bonchev–Trinajstić information content (AvgIpc) is 2.77. The molecular weight excluding hydrogens is 272 g/mol. The van der Waals surface area contributed by atoms with Gasteiger partial charge >= 0.3 is 5.97 Å². The zero-order chi connectivity index (χ0) is 15.2. The SMILES string of the molecule is COCCCC(NC(=O)CC1CC2CCC(C1)N2)C(=O)O. The molecule has 6 nitrogen and oxygen atoms in total. The number of aliphatic carboxylic acids is 1. The molecule has 6 heteroatoms. The Morgan fingerprint density at radius 2 is 2.00 bits per heavy atom. The van der Waals surface area contributed by atoms with Crippen molar-refractivity contribution in [2.45, 2.75) is 63.1 Å². The zero-order valence-corrected chi connectivity index (χ0v) is 12.6. The lowest BCUT2D eigenvalue weighted by atomic mass is 9.89. The molecule has 0 aromatic rings. The third-order valence-corrected chi connectivity index (χ3v) is 4.52. The van der Waals surface area contributed by atoms with Crippen molar-refractivity contribution in [2.24, 2.45) is 5.92 Å². The van der Waals surface area contributed by atoms with Crippen molar-refractivity contribution in [1.82, 2.24) is 10.6 Å². The van der Waals surface area contributed by atoms with Gasteiger partial charge in [-0.15, -0.1) is 0 Å². The first-order valence-corrected chi connectivity index (χ1v) is 7.85. The summed E-state index contributed by atoms with van der Waals surface area (Å²) in [5, 5.41) is 15.4. The van der Waals surface area contributed by atoms with E-state index in [9.17, 15) is 9.59 Å². The maximum atomic E-state index is 12.1. The summed E-state index contributed by atoms with van der Waals surface area (Å²) in [7, 11) is 1.58. The molecule has 0 radical (unpaired) electrons. The molecule has 2 fully saturated rings. The predicted molar refractivity (Wildman–Crippen MR) is 78.0 cm³/mol. The summed E-state index contributed by atoms with van der Waals surface area (Å²) in [5.41, 5.74) is 0. The van der Waals surface area contributed by atoms with Gasteiger partial charge in [0.05, 0.1) is 0 Å². The zero-order valence-electron chi connectivity index (χ0n) is 12.6. The third-order valence-electron chi connectivity index (χ3n) is 4.52. The molecule has 21 heavy (non-hydrogen) atoms. The topological polar surface area (TPSA) is 87.7 Å². The smallest absolute Gasteiger partial charge is 0.326 e. The number of carbonyl (C=O) groups is 2. The molecule has 2 heterocycles. The fraction of sp³-hybridized carbons (Fsp3) is 0.867.